The van der Waals surface area contributed by atoms with Crippen molar-refractivity contribution in [1.29, 1.82) is 0 Å². The van der Waals surface area contributed by atoms with E-state index in [-0.39, 0.29) is 13.1 Å². The summed E-state index contributed by atoms with van der Waals surface area (Å²) in [6.45, 7) is 0.390. The van der Waals surface area contributed by atoms with E-state index in [1.54, 1.807) is 24.3 Å². The maximum absolute atomic E-state index is 14.6. The van der Waals surface area contributed by atoms with E-state index in [1.807, 2.05) is 53.1 Å². The van der Waals surface area contributed by atoms with Gasteiger partial charge in [0.1, 0.15) is 5.82 Å². The summed E-state index contributed by atoms with van der Waals surface area (Å²) >= 11 is 11.9. The second-order valence-electron chi connectivity index (χ2n) is 8.13. The summed E-state index contributed by atoms with van der Waals surface area (Å²) in [5.74, 6) is -0.460. The molecule has 0 aliphatic carbocycles. The van der Waals surface area contributed by atoms with E-state index in [9.17, 15) is 14.0 Å². The maximum Gasteiger partial charge on any atom is 0.331 e. The second kappa shape index (κ2) is 9.52. The molecule has 0 atom stereocenters. The summed E-state index contributed by atoms with van der Waals surface area (Å²) in [7, 11) is 0. The van der Waals surface area contributed by atoms with Gasteiger partial charge in [-0.3, -0.25) is 13.9 Å². The Balaban J connectivity index is 1.56. The number of rotatable bonds is 6. The van der Waals surface area contributed by atoms with Crippen LogP contribution in [0.3, 0.4) is 0 Å². The lowest BCUT2D eigenvalue weighted by Crippen LogP contribution is -2.41. The summed E-state index contributed by atoms with van der Waals surface area (Å²) in [6, 6.07) is 21.7. The second-order valence-corrected chi connectivity index (χ2v) is 9.01. The monoisotopic (exact) mass is 508 g/mol. The standard InChI is InChI=1S/C26H19Cl2FN4O2/c27-19-9-5-17(6-10-19)13-32-23-4-2-1-3-22(23)30-24(32)16-31-15-21(29)25(34)33(26(31)35)14-18-7-11-20(28)12-8-18/h1-12,15H,13-14,16H2. The van der Waals surface area contributed by atoms with Gasteiger partial charge < -0.3 is 4.57 Å². The Bertz CT molecular complexity index is 1640. The molecule has 0 aliphatic heterocycles. The summed E-state index contributed by atoms with van der Waals surface area (Å²) in [5, 5.41) is 1.16. The maximum atomic E-state index is 14.6. The highest BCUT2D eigenvalue weighted by atomic mass is 35.5. The van der Waals surface area contributed by atoms with Crippen molar-refractivity contribution in [2.45, 2.75) is 19.6 Å². The van der Waals surface area contributed by atoms with Crippen LogP contribution in [0.2, 0.25) is 10.0 Å². The van der Waals surface area contributed by atoms with Gasteiger partial charge in [-0.2, -0.15) is 4.39 Å². The van der Waals surface area contributed by atoms with Crippen LogP contribution in [0.15, 0.2) is 88.6 Å². The number of benzene rings is 3. The van der Waals surface area contributed by atoms with Gasteiger partial charge in [0.2, 0.25) is 5.82 Å². The third-order valence-electron chi connectivity index (χ3n) is 5.75. The highest BCUT2D eigenvalue weighted by molar-refractivity contribution is 6.30. The quantitative estimate of drug-likeness (QED) is 0.326. The number of imidazole rings is 1. The SMILES string of the molecule is O=c1c(F)cn(Cc2nc3ccccc3n2Cc2ccc(Cl)cc2)c(=O)n1Cc1ccc(Cl)cc1. The highest BCUT2D eigenvalue weighted by Gasteiger charge is 2.16. The molecule has 0 saturated carbocycles. The number of fused-ring (bicyclic) bond motifs is 1. The summed E-state index contributed by atoms with van der Waals surface area (Å²) in [4.78, 5) is 30.4. The van der Waals surface area contributed by atoms with Crippen LogP contribution in [0, 0.1) is 5.82 Å². The van der Waals surface area contributed by atoms with E-state index < -0.39 is 17.1 Å². The highest BCUT2D eigenvalue weighted by Crippen LogP contribution is 2.20. The zero-order chi connectivity index (χ0) is 24.5. The molecule has 0 aliphatic rings. The molecule has 0 amide bonds. The molecular formula is C26H19Cl2FN4O2. The molecule has 0 unspecified atom stereocenters. The van der Waals surface area contributed by atoms with Crippen molar-refractivity contribution >= 4 is 34.2 Å². The van der Waals surface area contributed by atoms with E-state index in [2.05, 4.69) is 0 Å². The average Bonchev–Trinajstić information content (AvgIpc) is 3.19. The van der Waals surface area contributed by atoms with E-state index in [0.717, 1.165) is 27.4 Å². The molecule has 2 aromatic heterocycles. The van der Waals surface area contributed by atoms with Gasteiger partial charge in [-0.25, -0.2) is 9.78 Å². The van der Waals surface area contributed by atoms with Crippen molar-refractivity contribution in [1.82, 2.24) is 18.7 Å². The number of nitrogens with zero attached hydrogens (tertiary/aromatic N) is 4. The predicted octanol–water partition coefficient (Wildman–Crippen LogP) is 4.95. The van der Waals surface area contributed by atoms with Gasteiger partial charge in [0, 0.05) is 16.6 Å². The molecule has 5 rings (SSSR count). The minimum Gasteiger partial charge on any atom is -0.322 e. The van der Waals surface area contributed by atoms with Gasteiger partial charge in [0.25, 0.3) is 5.56 Å². The predicted molar refractivity (Wildman–Crippen MR) is 135 cm³/mol. The van der Waals surface area contributed by atoms with Gasteiger partial charge in [0.05, 0.1) is 30.3 Å². The van der Waals surface area contributed by atoms with E-state index in [1.165, 1.54) is 4.57 Å². The van der Waals surface area contributed by atoms with Gasteiger partial charge in [-0.15, -0.1) is 0 Å². The summed E-state index contributed by atoms with van der Waals surface area (Å²) < 4.78 is 18.6. The molecule has 3 aromatic carbocycles. The summed E-state index contributed by atoms with van der Waals surface area (Å²) in [6.07, 6.45) is 0.939. The van der Waals surface area contributed by atoms with Crippen molar-refractivity contribution in [3.8, 4) is 0 Å². The Kier molecular flexibility index (Phi) is 6.28. The van der Waals surface area contributed by atoms with E-state index in [0.29, 0.717) is 28.0 Å². The van der Waals surface area contributed by atoms with Crippen LogP contribution < -0.4 is 11.2 Å². The topological polar surface area (TPSA) is 61.8 Å². The first-order valence-electron chi connectivity index (χ1n) is 10.8. The minimum absolute atomic E-state index is 0.0150. The third-order valence-corrected chi connectivity index (χ3v) is 6.25. The van der Waals surface area contributed by atoms with E-state index in [4.69, 9.17) is 28.2 Å². The van der Waals surface area contributed by atoms with Gasteiger partial charge >= 0.3 is 5.69 Å². The molecule has 6 nitrogen and oxygen atoms in total. The first-order valence-corrected chi connectivity index (χ1v) is 11.6. The number of halogens is 3. The summed E-state index contributed by atoms with van der Waals surface area (Å²) in [5.41, 5.74) is 1.66. The molecule has 0 spiro atoms. The number of hydrogen-bond acceptors (Lipinski definition) is 3. The molecule has 35 heavy (non-hydrogen) atoms. The van der Waals surface area contributed by atoms with Crippen LogP contribution in [-0.4, -0.2) is 18.7 Å². The van der Waals surface area contributed by atoms with Crippen LogP contribution in [0.4, 0.5) is 4.39 Å². The number of hydrogen-bond donors (Lipinski definition) is 0. The van der Waals surface area contributed by atoms with Crippen molar-refractivity contribution in [2.24, 2.45) is 0 Å². The van der Waals surface area contributed by atoms with Crippen LogP contribution >= 0.6 is 23.2 Å². The molecule has 0 fully saturated rings. The molecule has 0 N–H and O–H groups in total. The zero-order valence-electron chi connectivity index (χ0n) is 18.4. The third kappa shape index (κ3) is 4.78. The first kappa shape index (κ1) is 23.1. The van der Waals surface area contributed by atoms with Crippen LogP contribution in [0.5, 0.6) is 0 Å². The Morgan fingerprint density at radius 2 is 1.31 bits per heavy atom. The van der Waals surface area contributed by atoms with Crippen molar-refractivity contribution < 1.29 is 4.39 Å². The lowest BCUT2D eigenvalue weighted by molar-refractivity contribution is 0.510. The van der Waals surface area contributed by atoms with E-state index >= 15 is 0 Å². The van der Waals surface area contributed by atoms with Gasteiger partial charge in [0.15, 0.2) is 0 Å². The molecule has 176 valence electrons. The fraction of sp³-hybridized carbons (Fsp3) is 0.115. The van der Waals surface area contributed by atoms with Crippen molar-refractivity contribution in [3.05, 3.63) is 133 Å². The molecule has 9 heteroatoms. The molecule has 5 aromatic rings. The minimum atomic E-state index is -1.01. The van der Waals surface area contributed by atoms with Crippen molar-refractivity contribution in [2.75, 3.05) is 0 Å². The largest absolute Gasteiger partial charge is 0.331 e. The lowest BCUT2D eigenvalue weighted by Gasteiger charge is -2.13. The van der Waals surface area contributed by atoms with Gasteiger partial charge in [-0.1, -0.05) is 59.6 Å². The Morgan fingerprint density at radius 3 is 1.94 bits per heavy atom. The normalized spacial score (nSPS) is 11.3. The lowest BCUT2D eigenvalue weighted by atomic mass is 10.2. The molecule has 0 bridgehead atoms. The number of para-hydroxylation sites is 2. The van der Waals surface area contributed by atoms with Crippen LogP contribution in [0.25, 0.3) is 11.0 Å². The molecule has 0 radical (unpaired) electrons. The fourth-order valence-corrected chi connectivity index (χ4v) is 4.24. The number of aromatic nitrogens is 4. The van der Waals surface area contributed by atoms with Crippen LogP contribution in [0.1, 0.15) is 17.0 Å². The van der Waals surface area contributed by atoms with Crippen molar-refractivity contribution in [3.63, 3.8) is 0 Å². The zero-order valence-corrected chi connectivity index (χ0v) is 19.9. The van der Waals surface area contributed by atoms with Crippen LogP contribution in [-0.2, 0) is 19.6 Å². The Hall–Kier alpha value is -3.68. The molecule has 0 saturated heterocycles. The Labute approximate surface area is 209 Å². The Morgan fingerprint density at radius 1 is 0.743 bits per heavy atom. The molecule has 2 heterocycles. The smallest absolute Gasteiger partial charge is 0.322 e. The van der Waals surface area contributed by atoms with Gasteiger partial charge in [-0.05, 0) is 47.5 Å². The first-order chi connectivity index (χ1) is 16.9. The average molecular weight is 509 g/mol. The molecular weight excluding hydrogens is 490 g/mol. The fourth-order valence-electron chi connectivity index (χ4n) is 3.99.